The first-order chi connectivity index (χ1) is 9.34. The van der Waals surface area contributed by atoms with Gasteiger partial charge in [-0.3, -0.25) is 0 Å². The highest BCUT2D eigenvalue weighted by atomic mass is 35.5. The summed E-state index contributed by atoms with van der Waals surface area (Å²) >= 11 is 13.6. The molecule has 2 atom stereocenters. The molecule has 1 aromatic rings. The van der Waals surface area contributed by atoms with Crippen molar-refractivity contribution < 1.29 is 8.42 Å². The van der Waals surface area contributed by atoms with Crippen molar-refractivity contribution in [3.8, 4) is 0 Å². The summed E-state index contributed by atoms with van der Waals surface area (Å²) in [5.41, 5.74) is 0.739. The Morgan fingerprint density at radius 2 is 1.90 bits per heavy atom. The molecule has 7 heteroatoms. The molecule has 1 heterocycles. The van der Waals surface area contributed by atoms with E-state index in [9.17, 15) is 8.42 Å². The van der Waals surface area contributed by atoms with Gasteiger partial charge in [-0.05, 0) is 17.7 Å². The van der Waals surface area contributed by atoms with Gasteiger partial charge in [-0.15, -0.1) is 11.6 Å². The van der Waals surface area contributed by atoms with Gasteiger partial charge in [-0.25, -0.2) is 8.42 Å². The third-order valence-corrected chi connectivity index (χ3v) is 6.89. The van der Waals surface area contributed by atoms with Crippen LogP contribution < -0.4 is 0 Å². The summed E-state index contributed by atoms with van der Waals surface area (Å²) in [6, 6.07) is 4.75. The fraction of sp³-hybridized carbons (Fsp3) is 0.538. The van der Waals surface area contributed by atoms with Crippen molar-refractivity contribution in [2.45, 2.75) is 35.1 Å². The Labute approximate surface area is 134 Å². The SMILES string of the molecule is CC1CN(S(=O)(=O)c2ccc(CCl)c(Cl)c2)CC(C)S1. The number of nitrogens with zero attached hydrogens (tertiary/aromatic N) is 1. The lowest BCUT2D eigenvalue weighted by molar-refractivity contribution is 0.405. The van der Waals surface area contributed by atoms with Gasteiger partial charge in [0.25, 0.3) is 0 Å². The van der Waals surface area contributed by atoms with E-state index in [1.165, 1.54) is 6.07 Å². The second kappa shape index (κ2) is 6.44. The van der Waals surface area contributed by atoms with Crippen molar-refractivity contribution in [1.82, 2.24) is 4.31 Å². The van der Waals surface area contributed by atoms with Crippen LogP contribution in [0.25, 0.3) is 0 Å². The van der Waals surface area contributed by atoms with Gasteiger partial charge in [-0.2, -0.15) is 16.1 Å². The molecule has 0 saturated carbocycles. The second-order valence-electron chi connectivity index (χ2n) is 4.97. The van der Waals surface area contributed by atoms with Crippen molar-refractivity contribution >= 4 is 45.0 Å². The average molecular weight is 354 g/mol. The Morgan fingerprint density at radius 1 is 1.30 bits per heavy atom. The Balaban J connectivity index is 2.32. The molecule has 0 aliphatic carbocycles. The fourth-order valence-corrected chi connectivity index (χ4v) is 6.04. The number of thioether (sulfide) groups is 1. The fourth-order valence-electron chi connectivity index (χ4n) is 2.27. The molecule has 0 bridgehead atoms. The zero-order valence-corrected chi connectivity index (χ0v) is 14.5. The number of rotatable bonds is 3. The maximum Gasteiger partial charge on any atom is 0.243 e. The third kappa shape index (κ3) is 3.45. The highest BCUT2D eigenvalue weighted by Gasteiger charge is 2.32. The Kier molecular flexibility index (Phi) is 5.29. The minimum absolute atomic E-state index is 0.239. The van der Waals surface area contributed by atoms with Crippen molar-refractivity contribution in [1.29, 1.82) is 0 Å². The summed E-state index contributed by atoms with van der Waals surface area (Å²) in [7, 11) is -3.48. The first kappa shape index (κ1) is 16.4. The summed E-state index contributed by atoms with van der Waals surface area (Å²) in [6.45, 7) is 5.16. The summed E-state index contributed by atoms with van der Waals surface area (Å²) in [5, 5.41) is 0.991. The first-order valence-corrected chi connectivity index (χ1v) is 9.64. The highest BCUT2D eigenvalue weighted by molar-refractivity contribution is 8.00. The molecule has 1 aliphatic rings. The number of sulfonamides is 1. The molecule has 1 saturated heterocycles. The van der Waals surface area contributed by atoms with Crippen LogP contribution in [0.15, 0.2) is 23.1 Å². The van der Waals surface area contributed by atoms with E-state index in [-0.39, 0.29) is 10.8 Å². The average Bonchev–Trinajstić information content (AvgIpc) is 2.37. The smallest absolute Gasteiger partial charge is 0.207 e. The lowest BCUT2D eigenvalue weighted by Crippen LogP contribution is -2.43. The van der Waals surface area contributed by atoms with Crippen molar-refractivity contribution in [3.63, 3.8) is 0 Å². The highest BCUT2D eigenvalue weighted by Crippen LogP contribution is 2.30. The number of halogens is 2. The number of alkyl halides is 1. The minimum atomic E-state index is -3.48. The topological polar surface area (TPSA) is 37.4 Å². The molecular formula is C13H17Cl2NO2S2. The van der Waals surface area contributed by atoms with E-state index < -0.39 is 10.0 Å². The number of benzene rings is 1. The van der Waals surface area contributed by atoms with Gasteiger partial charge in [0, 0.05) is 34.5 Å². The number of hydrogen-bond donors (Lipinski definition) is 0. The lowest BCUT2D eigenvalue weighted by atomic mass is 10.2. The Morgan fingerprint density at radius 3 is 2.40 bits per heavy atom. The number of hydrogen-bond acceptors (Lipinski definition) is 3. The summed E-state index contributed by atoms with van der Waals surface area (Å²) in [4.78, 5) is 0.239. The van der Waals surface area contributed by atoms with Gasteiger partial charge in [0.2, 0.25) is 10.0 Å². The monoisotopic (exact) mass is 353 g/mol. The maximum atomic E-state index is 12.7. The molecule has 2 rings (SSSR count). The van der Waals surface area contributed by atoms with Crippen LogP contribution in [0.2, 0.25) is 5.02 Å². The molecule has 0 amide bonds. The first-order valence-electron chi connectivity index (χ1n) is 6.34. The zero-order chi connectivity index (χ0) is 14.9. The largest absolute Gasteiger partial charge is 0.243 e. The molecule has 2 unspecified atom stereocenters. The molecule has 0 spiro atoms. The van der Waals surface area contributed by atoms with Gasteiger partial charge in [0.05, 0.1) is 4.90 Å². The van der Waals surface area contributed by atoms with Crippen molar-refractivity contribution in [2.24, 2.45) is 0 Å². The predicted octanol–water partition coefficient (Wildman–Crippen LogP) is 3.59. The molecule has 3 nitrogen and oxygen atoms in total. The van der Waals surface area contributed by atoms with E-state index >= 15 is 0 Å². The minimum Gasteiger partial charge on any atom is -0.207 e. The van der Waals surface area contributed by atoms with Crippen LogP contribution in [0.5, 0.6) is 0 Å². The molecule has 1 fully saturated rings. The maximum absolute atomic E-state index is 12.7. The molecule has 0 radical (unpaired) electrons. The third-order valence-electron chi connectivity index (χ3n) is 3.19. The Hall–Kier alpha value is 0.0600. The molecule has 0 aromatic heterocycles. The van der Waals surface area contributed by atoms with E-state index in [4.69, 9.17) is 23.2 Å². The summed E-state index contributed by atoms with van der Waals surface area (Å²) in [6.07, 6.45) is 0. The van der Waals surface area contributed by atoms with Gasteiger partial charge in [0.1, 0.15) is 0 Å². The molecular weight excluding hydrogens is 337 g/mol. The predicted molar refractivity (Wildman–Crippen MR) is 86.3 cm³/mol. The van der Waals surface area contributed by atoms with E-state index in [0.717, 1.165) is 5.56 Å². The van der Waals surface area contributed by atoms with Crippen LogP contribution >= 0.6 is 35.0 Å². The van der Waals surface area contributed by atoms with Gasteiger partial charge >= 0.3 is 0 Å². The van der Waals surface area contributed by atoms with E-state index in [1.54, 1.807) is 16.4 Å². The second-order valence-corrected chi connectivity index (χ2v) is 9.46. The van der Waals surface area contributed by atoms with Crippen LogP contribution in [-0.4, -0.2) is 36.3 Å². The molecule has 0 N–H and O–H groups in total. The van der Waals surface area contributed by atoms with Crippen LogP contribution in [0.3, 0.4) is 0 Å². The van der Waals surface area contributed by atoms with Crippen LogP contribution in [0.1, 0.15) is 19.4 Å². The normalized spacial score (nSPS) is 24.8. The van der Waals surface area contributed by atoms with E-state index in [2.05, 4.69) is 0 Å². The lowest BCUT2D eigenvalue weighted by Gasteiger charge is -2.33. The molecule has 1 aliphatic heterocycles. The molecule has 1 aromatic carbocycles. The summed E-state index contributed by atoms with van der Waals surface area (Å²) in [5.74, 6) is 0.271. The molecule has 112 valence electrons. The quantitative estimate of drug-likeness (QED) is 0.779. The van der Waals surface area contributed by atoms with Gasteiger partial charge in [0.15, 0.2) is 0 Å². The Bertz CT molecular complexity index is 582. The van der Waals surface area contributed by atoms with Gasteiger partial charge < -0.3 is 0 Å². The standard InChI is InChI=1S/C13H17Cl2NO2S2/c1-9-7-16(8-10(2)19-9)20(17,18)12-4-3-11(6-14)13(15)5-12/h3-5,9-10H,6-8H2,1-2H3. The molecule has 20 heavy (non-hydrogen) atoms. The van der Waals surface area contributed by atoms with E-state index in [1.807, 2.05) is 25.6 Å². The zero-order valence-electron chi connectivity index (χ0n) is 11.3. The van der Waals surface area contributed by atoms with Crippen LogP contribution in [0.4, 0.5) is 0 Å². The van der Waals surface area contributed by atoms with Crippen LogP contribution in [-0.2, 0) is 15.9 Å². The van der Waals surface area contributed by atoms with Crippen LogP contribution in [0, 0.1) is 0 Å². The van der Waals surface area contributed by atoms with E-state index in [0.29, 0.717) is 28.6 Å². The van der Waals surface area contributed by atoms with Crippen molar-refractivity contribution in [3.05, 3.63) is 28.8 Å². The summed E-state index contributed by atoms with van der Waals surface area (Å²) < 4.78 is 26.9. The van der Waals surface area contributed by atoms with Crippen molar-refractivity contribution in [2.75, 3.05) is 13.1 Å². The van der Waals surface area contributed by atoms with Gasteiger partial charge in [-0.1, -0.05) is 31.5 Å².